The molecule has 0 aromatic heterocycles. The maximum atomic E-state index is 12.2. The molecule has 0 aliphatic heterocycles. The van der Waals surface area contributed by atoms with Gasteiger partial charge in [-0.05, 0) is 35.4 Å². The Kier molecular flexibility index (Phi) is 5.96. The molecule has 120 valence electrons. The van der Waals surface area contributed by atoms with E-state index in [9.17, 15) is 13.5 Å². The van der Waals surface area contributed by atoms with Gasteiger partial charge in [-0.3, -0.25) is 0 Å². The Morgan fingerprint density at radius 3 is 2.10 bits per heavy atom. The van der Waals surface area contributed by atoms with Crippen molar-refractivity contribution in [2.24, 2.45) is 5.41 Å². The minimum absolute atomic E-state index is 0.0333. The molecule has 1 rings (SSSR count). The molecule has 1 aromatic rings. The van der Waals surface area contributed by atoms with Gasteiger partial charge >= 0.3 is 0 Å². The Hall–Kier alpha value is -0.910. The van der Waals surface area contributed by atoms with Crippen molar-refractivity contribution in [1.82, 2.24) is 4.72 Å². The first-order valence-electron chi connectivity index (χ1n) is 7.29. The lowest BCUT2D eigenvalue weighted by Crippen LogP contribution is -2.34. The van der Waals surface area contributed by atoms with Crippen LogP contribution in [0.1, 0.15) is 52.5 Å². The van der Waals surface area contributed by atoms with Crippen LogP contribution in [0.3, 0.4) is 0 Å². The fraction of sp³-hybridized carbons (Fsp3) is 0.625. The SMILES string of the molecule is CC(C)c1ccc(S(=O)(=O)NCC(O)CC(C)(C)C)cc1. The van der Waals surface area contributed by atoms with E-state index in [-0.39, 0.29) is 16.9 Å². The third-order valence-corrected chi connectivity index (χ3v) is 4.65. The average molecular weight is 313 g/mol. The average Bonchev–Trinajstić information content (AvgIpc) is 2.34. The summed E-state index contributed by atoms with van der Waals surface area (Å²) >= 11 is 0. The number of aliphatic hydroxyl groups excluding tert-OH is 1. The number of hydrogen-bond acceptors (Lipinski definition) is 3. The summed E-state index contributed by atoms with van der Waals surface area (Å²) < 4.78 is 26.8. The van der Waals surface area contributed by atoms with Gasteiger partial charge in [-0.2, -0.15) is 0 Å². The Labute approximate surface area is 128 Å². The molecule has 0 amide bonds. The highest BCUT2D eigenvalue weighted by molar-refractivity contribution is 7.89. The van der Waals surface area contributed by atoms with E-state index in [0.29, 0.717) is 12.3 Å². The fourth-order valence-electron chi connectivity index (χ4n) is 2.10. The van der Waals surface area contributed by atoms with Crippen molar-refractivity contribution < 1.29 is 13.5 Å². The van der Waals surface area contributed by atoms with Gasteiger partial charge in [0, 0.05) is 6.54 Å². The molecule has 0 aliphatic carbocycles. The molecule has 0 saturated carbocycles. The van der Waals surface area contributed by atoms with Gasteiger partial charge in [0.05, 0.1) is 11.0 Å². The van der Waals surface area contributed by atoms with Crippen LogP contribution >= 0.6 is 0 Å². The highest BCUT2D eigenvalue weighted by Crippen LogP contribution is 2.21. The van der Waals surface area contributed by atoms with Gasteiger partial charge in [0.1, 0.15) is 0 Å². The van der Waals surface area contributed by atoms with Crippen LogP contribution in [0, 0.1) is 5.41 Å². The van der Waals surface area contributed by atoms with E-state index in [2.05, 4.69) is 18.6 Å². The third-order valence-electron chi connectivity index (χ3n) is 3.21. The highest BCUT2D eigenvalue weighted by atomic mass is 32.2. The zero-order valence-corrected chi connectivity index (χ0v) is 14.4. The third kappa shape index (κ3) is 6.16. The standard InChI is InChI=1S/C16H27NO3S/c1-12(2)13-6-8-15(9-7-13)21(19,20)17-11-14(18)10-16(3,4)5/h6-9,12,14,17-18H,10-11H2,1-5H3. The van der Waals surface area contributed by atoms with Crippen LogP contribution in [0.5, 0.6) is 0 Å². The summed E-state index contributed by atoms with van der Waals surface area (Å²) in [4.78, 5) is 0.231. The van der Waals surface area contributed by atoms with Gasteiger partial charge in [0.2, 0.25) is 10.0 Å². The summed E-state index contributed by atoms with van der Waals surface area (Å²) in [7, 11) is -3.56. The van der Waals surface area contributed by atoms with Crippen molar-refractivity contribution in [2.75, 3.05) is 6.54 Å². The van der Waals surface area contributed by atoms with E-state index in [1.807, 2.05) is 32.9 Å². The summed E-state index contributed by atoms with van der Waals surface area (Å²) in [6.07, 6.45) is -0.142. The van der Waals surface area contributed by atoms with Gasteiger partial charge in [-0.15, -0.1) is 0 Å². The highest BCUT2D eigenvalue weighted by Gasteiger charge is 2.20. The quantitative estimate of drug-likeness (QED) is 0.848. The molecule has 1 atom stereocenters. The molecular formula is C16H27NO3S. The molecule has 1 aromatic carbocycles. The number of benzene rings is 1. The van der Waals surface area contributed by atoms with Crippen LogP contribution in [0.4, 0.5) is 0 Å². The van der Waals surface area contributed by atoms with Gasteiger partial charge in [-0.1, -0.05) is 46.8 Å². The Morgan fingerprint density at radius 1 is 1.14 bits per heavy atom. The largest absolute Gasteiger partial charge is 0.392 e. The second-order valence-corrected chi connectivity index (χ2v) is 8.76. The minimum Gasteiger partial charge on any atom is -0.392 e. The van der Waals surface area contributed by atoms with E-state index in [1.165, 1.54) is 0 Å². The second-order valence-electron chi connectivity index (χ2n) is 6.99. The normalized spacial score (nSPS) is 14.4. The summed E-state index contributed by atoms with van der Waals surface area (Å²) in [6, 6.07) is 6.86. The zero-order valence-electron chi connectivity index (χ0n) is 13.6. The summed E-state index contributed by atoms with van der Waals surface area (Å²) in [5, 5.41) is 9.88. The summed E-state index contributed by atoms with van der Waals surface area (Å²) in [5.74, 6) is 0.364. The lowest BCUT2D eigenvalue weighted by molar-refractivity contribution is 0.125. The lowest BCUT2D eigenvalue weighted by atomic mass is 9.89. The molecule has 2 N–H and O–H groups in total. The van der Waals surface area contributed by atoms with E-state index in [4.69, 9.17) is 0 Å². The zero-order chi connectivity index (χ0) is 16.3. The van der Waals surface area contributed by atoms with Gasteiger partial charge in [0.25, 0.3) is 0 Å². The maximum absolute atomic E-state index is 12.2. The lowest BCUT2D eigenvalue weighted by Gasteiger charge is -2.22. The number of aliphatic hydroxyl groups is 1. The molecule has 4 nitrogen and oxygen atoms in total. The first kappa shape index (κ1) is 18.1. The van der Waals surface area contributed by atoms with Crippen molar-refractivity contribution >= 4 is 10.0 Å². The first-order chi connectivity index (χ1) is 9.51. The molecule has 0 heterocycles. The Balaban J connectivity index is 2.69. The minimum atomic E-state index is -3.56. The Bertz CT molecular complexity index is 542. The van der Waals surface area contributed by atoms with E-state index in [0.717, 1.165) is 5.56 Å². The van der Waals surface area contributed by atoms with Gasteiger partial charge < -0.3 is 5.11 Å². The summed E-state index contributed by atoms with van der Waals surface area (Å²) in [5.41, 5.74) is 1.06. The summed E-state index contributed by atoms with van der Waals surface area (Å²) in [6.45, 7) is 10.2. The van der Waals surface area contributed by atoms with Crippen LogP contribution in [0.2, 0.25) is 0 Å². The molecule has 0 bridgehead atoms. The predicted molar refractivity (Wildman–Crippen MR) is 85.8 cm³/mol. The van der Waals surface area contributed by atoms with Crippen molar-refractivity contribution in [1.29, 1.82) is 0 Å². The molecular weight excluding hydrogens is 286 g/mol. The van der Waals surface area contributed by atoms with Crippen LogP contribution < -0.4 is 4.72 Å². The predicted octanol–water partition coefficient (Wildman–Crippen LogP) is 2.89. The van der Waals surface area contributed by atoms with Gasteiger partial charge in [-0.25, -0.2) is 13.1 Å². The molecule has 0 spiro atoms. The molecule has 0 saturated heterocycles. The number of sulfonamides is 1. The Morgan fingerprint density at radius 2 is 1.67 bits per heavy atom. The fourth-order valence-corrected chi connectivity index (χ4v) is 3.17. The topological polar surface area (TPSA) is 66.4 Å². The van der Waals surface area contributed by atoms with Gasteiger partial charge in [0.15, 0.2) is 0 Å². The van der Waals surface area contributed by atoms with Crippen molar-refractivity contribution in [2.45, 2.75) is 58.0 Å². The van der Waals surface area contributed by atoms with Crippen LogP contribution in [-0.4, -0.2) is 26.2 Å². The molecule has 5 heteroatoms. The van der Waals surface area contributed by atoms with Crippen molar-refractivity contribution in [3.05, 3.63) is 29.8 Å². The van der Waals surface area contributed by atoms with Crippen LogP contribution in [0.25, 0.3) is 0 Å². The molecule has 0 radical (unpaired) electrons. The monoisotopic (exact) mass is 313 g/mol. The number of rotatable bonds is 6. The maximum Gasteiger partial charge on any atom is 0.240 e. The molecule has 0 fully saturated rings. The molecule has 0 aliphatic rings. The van der Waals surface area contributed by atoms with Crippen molar-refractivity contribution in [3.8, 4) is 0 Å². The second kappa shape index (κ2) is 6.90. The smallest absolute Gasteiger partial charge is 0.240 e. The molecule has 21 heavy (non-hydrogen) atoms. The van der Waals surface area contributed by atoms with Crippen LogP contribution in [0.15, 0.2) is 29.2 Å². The van der Waals surface area contributed by atoms with E-state index in [1.54, 1.807) is 12.1 Å². The van der Waals surface area contributed by atoms with Crippen molar-refractivity contribution in [3.63, 3.8) is 0 Å². The number of nitrogens with one attached hydrogen (secondary N) is 1. The number of hydrogen-bond donors (Lipinski definition) is 2. The van der Waals surface area contributed by atoms with E-state index < -0.39 is 16.1 Å². The first-order valence-corrected chi connectivity index (χ1v) is 8.77. The van der Waals surface area contributed by atoms with Crippen LogP contribution in [-0.2, 0) is 10.0 Å². The van der Waals surface area contributed by atoms with E-state index >= 15 is 0 Å². The molecule has 1 unspecified atom stereocenters.